The fourth-order valence-electron chi connectivity index (χ4n) is 2.20. The number of nitrogen functional groups attached to an aromatic ring is 1. The zero-order valence-electron chi connectivity index (χ0n) is 11.8. The van der Waals surface area contributed by atoms with Crippen LogP contribution in [0.15, 0.2) is 24.8 Å². The third-order valence-corrected chi connectivity index (χ3v) is 3.39. The van der Waals surface area contributed by atoms with Gasteiger partial charge in [0.05, 0.1) is 23.6 Å². The van der Waals surface area contributed by atoms with Gasteiger partial charge in [0, 0.05) is 38.6 Å². The van der Waals surface area contributed by atoms with Crippen molar-refractivity contribution in [2.45, 2.75) is 0 Å². The maximum absolute atomic E-state index is 10.8. The number of rotatable bonds is 3. The Hall–Kier alpha value is -2.97. The van der Waals surface area contributed by atoms with E-state index in [1.54, 1.807) is 12.4 Å². The molecule has 22 heavy (non-hydrogen) atoms. The first-order valence-electron chi connectivity index (χ1n) is 6.76. The zero-order chi connectivity index (χ0) is 15.5. The number of nitrogens with two attached hydrogens (primary N) is 1. The van der Waals surface area contributed by atoms with Crippen molar-refractivity contribution in [3.8, 4) is 0 Å². The van der Waals surface area contributed by atoms with Crippen molar-refractivity contribution in [3.05, 3.63) is 30.4 Å². The number of hydrogen-bond acceptors (Lipinski definition) is 8. The number of hydrogen-bond donors (Lipinski definition) is 2. The van der Waals surface area contributed by atoms with Crippen LogP contribution in [0.25, 0.3) is 0 Å². The standard InChI is InChI=1S/C13H15N7O2/c14-10-7-17-13(18-8-10)20-3-1-19(2-4-20)12-15-5-9(6-16-12)11(21)22/h5-8H,1-4,14H2,(H,21,22). The molecule has 0 aromatic carbocycles. The van der Waals surface area contributed by atoms with E-state index in [-0.39, 0.29) is 5.56 Å². The summed E-state index contributed by atoms with van der Waals surface area (Å²) in [4.78, 5) is 31.5. The lowest BCUT2D eigenvalue weighted by Gasteiger charge is -2.34. The lowest BCUT2D eigenvalue weighted by molar-refractivity contribution is 0.0696. The van der Waals surface area contributed by atoms with Crippen LogP contribution in [0.2, 0.25) is 0 Å². The Morgan fingerprint density at radius 1 is 0.909 bits per heavy atom. The number of aromatic carboxylic acids is 1. The van der Waals surface area contributed by atoms with Crippen molar-refractivity contribution in [1.29, 1.82) is 0 Å². The number of piperazine rings is 1. The second-order valence-electron chi connectivity index (χ2n) is 4.87. The highest BCUT2D eigenvalue weighted by Gasteiger charge is 2.20. The van der Waals surface area contributed by atoms with Crippen LogP contribution in [0.5, 0.6) is 0 Å². The van der Waals surface area contributed by atoms with Crippen LogP contribution in [0, 0.1) is 0 Å². The van der Waals surface area contributed by atoms with E-state index in [1.807, 2.05) is 4.90 Å². The molecule has 0 atom stereocenters. The number of carboxylic acid groups (broad SMARTS) is 1. The van der Waals surface area contributed by atoms with Crippen molar-refractivity contribution in [3.63, 3.8) is 0 Å². The Kier molecular flexibility index (Phi) is 3.69. The zero-order valence-corrected chi connectivity index (χ0v) is 11.8. The van der Waals surface area contributed by atoms with E-state index in [2.05, 4.69) is 24.8 Å². The van der Waals surface area contributed by atoms with Crippen molar-refractivity contribution in [1.82, 2.24) is 19.9 Å². The van der Waals surface area contributed by atoms with Crippen LogP contribution in [-0.2, 0) is 0 Å². The van der Waals surface area contributed by atoms with Gasteiger partial charge in [0.15, 0.2) is 0 Å². The molecule has 0 aliphatic carbocycles. The van der Waals surface area contributed by atoms with Crippen LogP contribution >= 0.6 is 0 Å². The van der Waals surface area contributed by atoms with Crippen molar-refractivity contribution in [2.75, 3.05) is 41.7 Å². The van der Waals surface area contributed by atoms with Gasteiger partial charge in [-0.05, 0) is 0 Å². The fourth-order valence-corrected chi connectivity index (χ4v) is 2.20. The average molecular weight is 301 g/mol. The minimum Gasteiger partial charge on any atom is -0.478 e. The lowest BCUT2D eigenvalue weighted by atomic mass is 10.3. The van der Waals surface area contributed by atoms with E-state index in [0.717, 1.165) is 13.1 Å². The van der Waals surface area contributed by atoms with Crippen LogP contribution in [0.3, 0.4) is 0 Å². The summed E-state index contributed by atoms with van der Waals surface area (Å²) in [5, 5.41) is 8.84. The van der Waals surface area contributed by atoms with E-state index in [4.69, 9.17) is 10.8 Å². The predicted molar refractivity (Wildman–Crippen MR) is 79.9 cm³/mol. The molecule has 3 heterocycles. The van der Waals surface area contributed by atoms with Gasteiger partial charge in [0.25, 0.3) is 0 Å². The first-order valence-corrected chi connectivity index (χ1v) is 6.76. The predicted octanol–water partition coefficient (Wildman–Crippen LogP) is -0.126. The maximum atomic E-state index is 10.8. The summed E-state index contributed by atoms with van der Waals surface area (Å²) >= 11 is 0. The van der Waals surface area contributed by atoms with E-state index in [0.29, 0.717) is 30.7 Å². The van der Waals surface area contributed by atoms with Gasteiger partial charge in [-0.25, -0.2) is 24.7 Å². The van der Waals surface area contributed by atoms with Crippen LogP contribution < -0.4 is 15.5 Å². The van der Waals surface area contributed by atoms with Crippen LogP contribution in [0.4, 0.5) is 17.6 Å². The number of anilines is 3. The molecule has 0 radical (unpaired) electrons. The summed E-state index contributed by atoms with van der Waals surface area (Å²) < 4.78 is 0. The molecule has 1 fully saturated rings. The average Bonchev–Trinajstić information content (AvgIpc) is 2.56. The van der Waals surface area contributed by atoms with Crippen molar-refractivity contribution < 1.29 is 9.90 Å². The van der Waals surface area contributed by atoms with Gasteiger partial charge in [-0.15, -0.1) is 0 Å². The summed E-state index contributed by atoms with van der Waals surface area (Å²) in [5.41, 5.74) is 6.20. The molecule has 2 aromatic rings. The first-order chi connectivity index (χ1) is 10.6. The van der Waals surface area contributed by atoms with Gasteiger partial charge in [-0.2, -0.15) is 0 Å². The largest absolute Gasteiger partial charge is 0.478 e. The Morgan fingerprint density at radius 3 is 1.73 bits per heavy atom. The quantitative estimate of drug-likeness (QED) is 0.798. The molecule has 0 bridgehead atoms. The Labute approximate surface area is 126 Å². The van der Waals surface area contributed by atoms with Gasteiger partial charge in [-0.3, -0.25) is 0 Å². The minimum atomic E-state index is -1.03. The molecule has 114 valence electrons. The van der Waals surface area contributed by atoms with E-state index < -0.39 is 5.97 Å². The van der Waals surface area contributed by atoms with Gasteiger partial charge >= 0.3 is 5.97 Å². The summed E-state index contributed by atoms with van der Waals surface area (Å²) in [5.74, 6) is 0.149. The Morgan fingerprint density at radius 2 is 1.32 bits per heavy atom. The second-order valence-corrected chi connectivity index (χ2v) is 4.87. The molecule has 3 N–H and O–H groups in total. The molecule has 3 rings (SSSR count). The van der Waals surface area contributed by atoms with Crippen LogP contribution in [-0.4, -0.2) is 57.2 Å². The van der Waals surface area contributed by atoms with Gasteiger partial charge in [-0.1, -0.05) is 0 Å². The molecule has 1 aliphatic heterocycles. The highest BCUT2D eigenvalue weighted by atomic mass is 16.4. The lowest BCUT2D eigenvalue weighted by Crippen LogP contribution is -2.47. The summed E-state index contributed by atoms with van der Waals surface area (Å²) in [6.45, 7) is 2.88. The topological polar surface area (TPSA) is 121 Å². The molecule has 9 heteroatoms. The fraction of sp³-hybridized carbons (Fsp3) is 0.308. The van der Waals surface area contributed by atoms with Gasteiger partial charge < -0.3 is 20.6 Å². The van der Waals surface area contributed by atoms with Crippen LogP contribution in [0.1, 0.15) is 10.4 Å². The third-order valence-electron chi connectivity index (χ3n) is 3.39. The van der Waals surface area contributed by atoms with E-state index >= 15 is 0 Å². The van der Waals surface area contributed by atoms with E-state index in [1.165, 1.54) is 12.4 Å². The molecule has 0 saturated carbocycles. The minimum absolute atomic E-state index is 0.0812. The van der Waals surface area contributed by atoms with Crippen molar-refractivity contribution in [2.24, 2.45) is 0 Å². The molecule has 2 aromatic heterocycles. The molecular weight excluding hydrogens is 286 g/mol. The molecule has 9 nitrogen and oxygen atoms in total. The molecule has 0 amide bonds. The Balaban J connectivity index is 1.63. The smallest absolute Gasteiger partial charge is 0.338 e. The summed E-state index contributed by atoms with van der Waals surface area (Å²) in [6, 6.07) is 0. The SMILES string of the molecule is Nc1cnc(N2CCN(c3ncc(C(=O)O)cn3)CC2)nc1. The maximum Gasteiger partial charge on any atom is 0.338 e. The summed E-state index contributed by atoms with van der Waals surface area (Å²) in [6.07, 6.45) is 5.81. The normalized spacial score (nSPS) is 14.9. The number of nitrogens with zero attached hydrogens (tertiary/aromatic N) is 6. The second kappa shape index (κ2) is 5.80. The molecule has 0 spiro atoms. The highest BCUT2D eigenvalue weighted by Crippen LogP contribution is 2.15. The first kappa shape index (κ1) is 14.0. The monoisotopic (exact) mass is 301 g/mol. The molecular formula is C13H15N7O2. The number of carboxylic acids is 1. The van der Waals surface area contributed by atoms with Gasteiger partial charge in [0.2, 0.25) is 11.9 Å². The molecule has 1 saturated heterocycles. The number of aromatic nitrogens is 4. The molecule has 1 aliphatic rings. The highest BCUT2D eigenvalue weighted by molar-refractivity contribution is 5.86. The third kappa shape index (κ3) is 2.87. The van der Waals surface area contributed by atoms with Crippen molar-refractivity contribution >= 4 is 23.6 Å². The number of carbonyl (C=O) groups is 1. The van der Waals surface area contributed by atoms with E-state index in [9.17, 15) is 4.79 Å². The van der Waals surface area contributed by atoms with Gasteiger partial charge in [0.1, 0.15) is 0 Å². The summed E-state index contributed by atoms with van der Waals surface area (Å²) in [7, 11) is 0. The molecule has 0 unspecified atom stereocenters. The Bertz CT molecular complexity index is 651.